The first-order valence-electron chi connectivity index (χ1n) is 4.25. The molecule has 1 rings (SSSR count). The SMILES string of the molecule is CCSc1ccc(NC(=O)C=O)cc1. The highest BCUT2D eigenvalue weighted by Crippen LogP contribution is 2.19. The van der Waals surface area contributed by atoms with Crippen molar-refractivity contribution >= 4 is 29.6 Å². The molecule has 0 heterocycles. The van der Waals surface area contributed by atoms with E-state index in [2.05, 4.69) is 12.2 Å². The summed E-state index contributed by atoms with van der Waals surface area (Å²) in [6, 6.07) is 7.38. The van der Waals surface area contributed by atoms with Crippen molar-refractivity contribution in [1.29, 1.82) is 0 Å². The fraction of sp³-hybridized carbons (Fsp3) is 0.200. The molecule has 0 saturated heterocycles. The van der Waals surface area contributed by atoms with E-state index in [-0.39, 0.29) is 6.29 Å². The summed E-state index contributed by atoms with van der Waals surface area (Å²) in [7, 11) is 0. The Balaban J connectivity index is 2.63. The summed E-state index contributed by atoms with van der Waals surface area (Å²) in [6.07, 6.45) is 0.259. The third-order valence-corrected chi connectivity index (χ3v) is 2.43. The lowest BCUT2D eigenvalue weighted by Crippen LogP contribution is -2.11. The first-order chi connectivity index (χ1) is 6.76. The van der Waals surface area contributed by atoms with E-state index >= 15 is 0 Å². The van der Waals surface area contributed by atoms with Crippen molar-refractivity contribution in [2.45, 2.75) is 11.8 Å². The summed E-state index contributed by atoms with van der Waals surface area (Å²) in [5, 5.41) is 2.44. The van der Waals surface area contributed by atoms with Gasteiger partial charge in [0, 0.05) is 10.6 Å². The molecule has 0 aromatic heterocycles. The molecule has 0 atom stereocenters. The van der Waals surface area contributed by atoms with Crippen LogP contribution in [0.4, 0.5) is 5.69 Å². The zero-order chi connectivity index (χ0) is 10.4. The zero-order valence-electron chi connectivity index (χ0n) is 7.82. The quantitative estimate of drug-likeness (QED) is 0.468. The van der Waals surface area contributed by atoms with Gasteiger partial charge in [0.2, 0.25) is 6.29 Å². The number of rotatable bonds is 4. The standard InChI is InChI=1S/C10H11NO2S/c1-2-14-9-5-3-8(4-6-9)11-10(13)7-12/h3-7H,2H2,1H3,(H,11,13). The van der Waals surface area contributed by atoms with Crippen molar-refractivity contribution in [3.8, 4) is 0 Å². The van der Waals surface area contributed by atoms with Gasteiger partial charge in [0.25, 0.3) is 5.91 Å². The molecule has 74 valence electrons. The number of benzene rings is 1. The number of anilines is 1. The lowest BCUT2D eigenvalue weighted by atomic mass is 10.3. The molecule has 0 unspecified atom stereocenters. The molecule has 1 aromatic carbocycles. The number of carbonyl (C=O) groups excluding carboxylic acids is 2. The van der Waals surface area contributed by atoms with Gasteiger partial charge in [0.15, 0.2) is 0 Å². The van der Waals surface area contributed by atoms with Crippen LogP contribution in [0.1, 0.15) is 6.92 Å². The average Bonchev–Trinajstić information content (AvgIpc) is 2.21. The van der Waals surface area contributed by atoms with Crippen molar-refractivity contribution in [3.63, 3.8) is 0 Å². The van der Waals surface area contributed by atoms with Gasteiger partial charge in [-0.2, -0.15) is 0 Å². The Morgan fingerprint density at radius 2 is 2.07 bits per heavy atom. The van der Waals surface area contributed by atoms with E-state index in [0.717, 1.165) is 10.6 Å². The first kappa shape index (κ1) is 10.8. The van der Waals surface area contributed by atoms with Gasteiger partial charge in [0.1, 0.15) is 0 Å². The highest BCUT2D eigenvalue weighted by atomic mass is 32.2. The molecule has 0 spiro atoms. The van der Waals surface area contributed by atoms with E-state index in [9.17, 15) is 9.59 Å². The molecular weight excluding hydrogens is 198 g/mol. The van der Waals surface area contributed by atoms with Crippen LogP contribution in [0, 0.1) is 0 Å². The second kappa shape index (κ2) is 5.44. The number of nitrogens with one attached hydrogen (secondary N) is 1. The molecule has 14 heavy (non-hydrogen) atoms. The summed E-state index contributed by atoms with van der Waals surface area (Å²) in [6.45, 7) is 2.08. The normalized spacial score (nSPS) is 9.50. The van der Waals surface area contributed by atoms with Crippen LogP contribution in [0.15, 0.2) is 29.2 Å². The second-order valence-corrected chi connectivity index (χ2v) is 3.90. The average molecular weight is 209 g/mol. The highest BCUT2D eigenvalue weighted by molar-refractivity contribution is 7.99. The van der Waals surface area contributed by atoms with Crippen LogP contribution >= 0.6 is 11.8 Å². The maximum Gasteiger partial charge on any atom is 0.288 e. The smallest absolute Gasteiger partial charge is 0.288 e. The van der Waals surface area contributed by atoms with Crippen LogP contribution in [0.2, 0.25) is 0 Å². The Morgan fingerprint density at radius 3 is 2.57 bits per heavy atom. The predicted molar refractivity (Wildman–Crippen MR) is 57.5 cm³/mol. The number of hydrogen-bond donors (Lipinski definition) is 1. The summed E-state index contributed by atoms with van der Waals surface area (Å²) in [5.74, 6) is 0.390. The maximum atomic E-state index is 10.7. The van der Waals surface area contributed by atoms with Gasteiger partial charge in [0.05, 0.1) is 0 Å². The minimum Gasteiger partial charge on any atom is -0.320 e. The number of thioether (sulfide) groups is 1. The van der Waals surface area contributed by atoms with Crippen LogP contribution in [-0.2, 0) is 9.59 Å². The van der Waals surface area contributed by atoms with Crippen molar-refractivity contribution < 1.29 is 9.59 Å². The van der Waals surface area contributed by atoms with Crippen molar-refractivity contribution in [2.24, 2.45) is 0 Å². The summed E-state index contributed by atoms with van der Waals surface area (Å²) < 4.78 is 0. The summed E-state index contributed by atoms with van der Waals surface area (Å²) in [5.41, 5.74) is 0.641. The largest absolute Gasteiger partial charge is 0.320 e. The minimum absolute atomic E-state index is 0.259. The molecule has 0 aliphatic rings. The Labute approximate surface area is 86.9 Å². The van der Waals surface area contributed by atoms with Crippen molar-refractivity contribution in [3.05, 3.63) is 24.3 Å². The third-order valence-electron chi connectivity index (χ3n) is 1.54. The molecule has 0 radical (unpaired) electrons. The molecule has 1 aromatic rings. The van der Waals surface area contributed by atoms with E-state index in [0.29, 0.717) is 5.69 Å². The zero-order valence-corrected chi connectivity index (χ0v) is 8.64. The Morgan fingerprint density at radius 1 is 1.43 bits per heavy atom. The Bertz CT molecular complexity index is 321. The molecule has 0 saturated carbocycles. The molecule has 1 N–H and O–H groups in total. The lowest BCUT2D eigenvalue weighted by molar-refractivity contribution is -0.127. The number of carbonyl (C=O) groups is 2. The molecule has 0 fully saturated rings. The molecule has 1 amide bonds. The van der Waals surface area contributed by atoms with Crippen LogP contribution in [-0.4, -0.2) is 17.9 Å². The van der Waals surface area contributed by atoms with E-state index in [1.807, 2.05) is 12.1 Å². The first-order valence-corrected chi connectivity index (χ1v) is 5.24. The molecule has 3 nitrogen and oxygen atoms in total. The molecule has 0 bridgehead atoms. The maximum absolute atomic E-state index is 10.7. The van der Waals surface area contributed by atoms with Gasteiger partial charge in [-0.05, 0) is 30.0 Å². The Hall–Kier alpha value is -1.29. The number of amides is 1. The van der Waals surface area contributed by atoms with E-state index in [1.165, 1.54) is 0 Å². The van der Waals surface area contributed by atoms with Crippen LogP contribution in [0.25, 0.3) is 0 Å². The number of aldehydes is 1. The Kier molecular flexibility index (Phi) is 4.19. The van der Waals surface area contributed by atoms with E-state index in [4.69, 9.17) is 0 Å². The second-order valence-electron chi connectivity index (χ2n) is 2.56. The molecule has 4 heteroatoms. The topological polar surface area (TPSA) is 46.2 Å². The highest BCUT2D eigenvalue weighted by Gasteiger charge is 1.98. The van der Waals surface area contributed by atoms with Crippen LogP contribution in [0.5, 0.6) is 0 Å². The van der Waals surface area contributed by atoms with Gasteiger partial charge in [-0.3, -0.25) is 9.59 Å². The van der Waals surface area contributed by atoms with E-state index in [1.54, 1.807) is 23.9 Å². The fourth-order valence-electron chi connectivity index (χ4n) is 0.973. The van der Waals surface area contributed by atoms with Crippen molar-refractivity contribution in [1.82, 2.24) is 0 Å². The number of hydrogen-bond acceptors (Lipinski definition) is 3. The van der Waals surface area contributed by atoms with Gasteiger partial charge < -0.3 is 5.32 Å². The van der Waals surface area contributed by atoms with Crippen LogP contribution < -0.4 is 5.32 Å². The van der Waals surface area contributed by atoms with Crippen molar-refractivity contribution in [2.75, 3.05) is 11.1 Å². The van der Waals surface area contributed by atoms with E-state index < -0.39 is 5.91 Å². The predicted octanol–water partition coefficient (Wildman–Crippen LogP) is 1.94. The molecule has 0 aliphatic carbocycles. The third kappa shape index (κ3) is 3.22. The van der Waals surface area contributed by atoms with Gasteiger partial charge in [-0.15, -0.1) is 11.8 Å². The van der Waals surface area contributed by atoms with Gasteiger partial charge in [-0.1, -0.05) is 6.92 Å². The summed E-state index contributed by atoms with van der Waals surface area (Å²) in [4.78, 5) is 21.9. The van der Waals surface area contributed by atoms with Gasteiger partial charge >= 0.3 is 0 Å². The van der Waals surface area contributed by atoms with Crippen LogP contribution in [0.3, 0.4) is 0 Å². The molecule has 0 aliphatic heterocycles. The fourth-order valence-corrected chi connectivity index (χ4v) is 1.63. The monoisotopic (exact) mass is 209 g/mol. The molecular formula is C10H11NO2S. The minimum atomic E-state index is -0.624. The lowest BCUT2D eigenvalue weighted by Gasteiger charge is -2.02. The van der Waals surface area contributed by atoms with Gasteiger partial charge in [-0.25, -0.2) is 0 Å². The summed E-state index contributed by atoms with van der Waals surface area (Å²) >= 11 is 1.73.